The molecule has 1 rings (SSSR count). The molecule has 1 saturated heterocycles. The number of nitrogens with two attached hydrogens (primary N) is 1. The number of likely N-dealkylation sites (tertiary alicyclic amines) is 1. The Labute approximate surface area is 95.0 Å². The number of hydrogen-bond donors (Lipinski definition) is 1. The maximum atomic E-state index is 12.0. The topological polar surface area (TPSA) is 80.5 Å². The van der Waals surface area contributed by atoms with E-state index < -0.39 is 11.5 Å². The number of nitrogens with zero attached hydrogens (tertiary/aromatic N) is 1. The van der Waals surface area contributed by atoms with E-state index >= 15 is 0 Å². The molecule has 0 aromatic heterocycles. The van der Waals surface area contributed by atoms with Crippen LogP contribution in [-0.2, 0) is 14.4 Å². The van der Waals surface area contributed by atoms with Gasteiger partial charge in [-0.15, -0.1) is 0 Å². The van der Waals surface area contributed by atoms with Gasteiger partial charge >= 0.3 is 0 Å². The summed E-state index contributed by atoms with van der Waals surface area (Å²) in [5.74, 6) is -0.755. The Morgan fingerprint density at radius 3 is 2.06 bits per heavy atom. The van der Waals surface area contributed by atoms with Gasteiger partial charge in [-0.1, -0.05) is 20.8 Å². The van der Waals surface area contributed by atoms with Gasteiger partial charge in [0.15, 0.2) is 5.78 Å². The summed E-state index contributed by atoms with van der Waals surface area (Å²) in [5.41, 5.74) is 4.90. The average Bonchev–Trinajstić information content (AvgIpc) is 2.49. The van der Waals surface area contributed by atoms with Crippen LogP contribution in [-0.4, -0.2) is 35.1 Å². The van der Waals surface area contributed by atoms with Crippen LogP contribution in [0.5, 0.6) is 0 Å². The molecular formula is C11H18N2O3. The van der Waals surface area contributed by atoms with E-state index in [2.05, 4.69) is 0 Å². The van der Waals surface area contributed by atoms with E-state index in [1.807, 2.05) is 0 Å². The minimum atomic E-state index is -0.803. The van der Waals surface area contributed by atoms with Gasteiger partial charge in [-0.3, -0.25) is 19.3 Å². The number of amides is 2. The Hall–Kier alpha value is -1.23. The molecule has 1 aliphatic rings. The zero-order valence-electron chi connectivity index (χ0n) is 9.95. The minimum absolute atomic E-state index is 0.00637. The van der Waals surface area contributed by atoms with E-state index in [4.69, 9.17) is 5.73 Å². The lowest BCUT2D eigenvalue weighted by molar-refractivity contribution is -0.148. The number of carbonyl (C=O) groups is 3. The van der Waals surface area contributed by atoms with Gasteiger partial charge < -0.3 is 5.73 Å². The summed E-state index contributed by atoms with van der Waals surface area (Å²) in [7, 11) is 0. The first-order chi connectivity index (χ1) is 7.29. The lowest BCUT2D eigenvalue weighted by Crippen LogP contribution is -2.52. The number of hydrogen-bond acceptors (Lipinski definition) is 4. The van der Waals surface area contributed by atoms with Crippen molar-refractivity contribution in [2.24, 2.45) is 11.1 Å². The molecule has 2 amide bonds. The summed E-state index contributed by atoms with van der Waals surface area (Å²) in [6, 6.07) is -0.803. The molecule has 0 spiro atoms. The molecule has 0 aromatic rings. The van der Waals surface area contributed by atoms with E-state index in [-0.39, 0.29) is 37.0 Å². The van der Waals surface area contributed by atoms with Crippen molar-refractivity contribution in [1.29, 1.82) is 0 Å². The molecule has 5 heteroatoms. The summed E-state index contributed by atoms with van der Waals surface area (Å²) >= 11 is 0. The van der Waals surface area contributed by atoms with E-state index in [0.717, 1.165) is 4.90 Å². The summed E-state index contributed by atoms with van der Waals surface area (Å²) in [6.07, 6.45) is 0.375. The molecule has 2 N–H and O–H groups in total. The SMILES string of the molecule is CC(C)(C)C(=O)[C@H](CN)N1C(=O)CCC1=O. The molecule has 1 heterocycles. The average molecular weight is 226 g/mol. The van der Waals surface area contributed by atoms with E-state index in [9.17, 15) is 14.4 Å². The molecule has 0 bridgehead atoms. The quantitative estimate of drug-likeness (QED) is 0.691. The molecule has 1 atom stereocenters. The monoisotopic (exact) mass is 226 g/mol. The predicted molar refractivity (Wildman–Crippen MR) is 58.4 cm³/mol. The minimum Gasteiger partial charge on any atom is -0.328 e. The third-order valence-corrected chi connectivity index (χ3v) is 2.67. The van der Waals surface area contributed by atoms with Crippen LogP contribution in [0.25, 0.3) is 0 Å². The predicted octanol–water partition coefficient (Wildman–Crippen LogP) is 0.0779. The van der Waals surface area contributed by atoms with Crippen molar-refractivity contribution in [3.8, 4) is 0 Å². The molecule has 1 fully saturated rings. The third kappa shape index (κ3) is 2.29. The maximum Gasteiger partial charge on any atom is 0.230 e. The van der Waals surface area contributed by atoms with Gasteiger partial charge in [0.1, 0.15) is 6.04 Å². The molecule has 0 unspecified atom stereocenters. The number of ketones is 1. The first-order valence-corrected chi connectivity index (χ1v) is 5.38. The van der Waals surface area contributed by atoms with Crippen LogP contribution < -0.4 is 5.73 Å². The molecule has 90 valence electrons. The van der Waals surface area contributed by atoms with Crippen LogP contribution in [0.2, 0.25) is 0 Å². The van der Waals surface area contributed by atoms with Crippen LogP contribution >= 0.6 is 0 Å². The standard InChI is InChI=1S/C11H18N2O3/c1-11(2,3)10(16)7(6-12)13-8(14)4-5-9(13)15/h7H,4-6,12H2,1-3H3/t7-/m0/s1. The molecule has 0 aromatic carbocycles. The largest absolute Gasteiger partial charge is 0.328 e. The third-order valence-electron chi connectivity index (χ3n) is 2.67. The molecule has 16 heavy (non-hydrogen) atoms. The van der Waals surface area contributed by atoms with Crippen molar-refractivity contribution in [2.75, 3.05) is 6.54 Å². The fourth-order valence-corrected chi connectivity index (χ4v) is 1.77. The van der Waals surface area contributed by atoms with Crippen molar-refractivity contribution in [1.82, 2.24) is 4.90 Å². The van der Waals surface area contributed by atoms with Crippen LogP contribution in [0.15, 0.2) is 0 Å². The van der Waals surface area contributed by atoms with Crippen molar-refractivity contribution < 1.29 is 14.4 Å². The molecule has 0 radical (unpaired) electrons. The molecule has 0 saturated carbocycles. The fraction of sp³-hybridized carbons (Fsp3) is 0.727. The van der Waals surface area contributed by atoms with Gasteiger partial charge in [-0.05, 0) is 0 Å². The Kier molecular flexibility index (Phi) is 3.48. The summed E-state index contributed by atoms with van der Waals surface area (Å²) in [5, 5.41) is 0. The Morgan fingerprint density at radius 1 is 1.31 bits per heavy atom. The van der Waals surface area contributed by atoms with Crippen molar-refractivity contribution in [2.45, 2.75) is 39.7 Å². The Bertz CT molecular complexity index is 315. The Balaban J connectivity index is 2.94. The fourth-order valence-electron chi connectivity index (χ4n) is 1.77. The second-order valence-electron chi connectivity index (χ2n) is 5.02. The highest BCUT2D eigenvalue weighted by atomic mass is 16.2. The molecular weight excluding hydrogens is 208 g/mol. The van der Waals surface area contributed by atoms with Gasteiger partial charge in [0, 0.05) is 24.8 Å². The molecule has 1 aliphatic heterocycles. The summed E-state index contributed by atoms with van der Waals surface area (Å²) in [4.78, 5) is 36.1. The number of Topliss-reactive ketones (excluding diaryl/α,β-unsaturated/α-hetero) is 1. The highest BCUT2D eigenvalue weighted by molar-refractivity contribution is 6.06. The zero-order chi connectivity index (χ0) is 12.5. The summed E-state index contributed by atoms with van der Waals surface area (Å²) in [6.45, 7) is 5.25. The van der Waals surface area contributed by atoms with Crippen molar-refractivity contribution >= 4 is 17.6 Å². The number of rotatable bonds is 3. The van der Waals surface area contributed by atoms with Gasteiger partial charge in [0.05, 0.1) is 0 Å². The molecule has 0 aliphatic carbocycles. The first kappa shape index (κ1) is 12.8. The van der Waals surface area contributed by atoms with Gasteiger partial charge in [-0.2, -0.15) is 0 Å². The van der Waals surface area contributed by atoms with Crippen molar-refractivity contribution in [3.63, 3.8) is 0 Å². The lowest BCUT2D eigenvalue weighted by atomic mass is 9.86. The number of imide groups is 1. The zero-order valence-corrected chi connectivity index (χ0v) is 9.95. The van der Waals surface area contributed by atoms with Crippen LogP contribution in [0.3, 0.4) is 0 Å². The second kappa shape index (κ2) is 4.33. The normalized spacial score (nSPS) is 19.1. The second-order valence-corrected chi connectivity index (χ2v) is 5.02. The highest BCUT2D eigenvalue weighted by Gasteiger charge is 2.41. The number of carbonyl (C=O) groups excluding carboxylic acids is 3. The van der Waals surface area contributed by atoms with E-state index in [0.29, 0.717) is 0 Å². The smallest absolute Gasteiger partial charge is 0.230 e. The molecule has 5 nitrogen and oxygen atoms in total. The Morgan fingerprint density at radius 2 is 1.75 bits per heavy atom. The summed E-state index contributed by atoms with van der Waals surface area (Å²) < 4.78 is 0. The highest BCUT2D eigenvalue weighted by Crippen LogP contribution is 2.23. The van der Waals surface area contributed by atoms with Crippen LogP contribution in [0.1, 0.15) is 33.6 Å². The van der Waals surface area contributed by atoms with Crippen molar-refractivity contribution in [3.05, 3.63) is 0 Å². The van der Waals surface area contributed by atoms with Crippen LogP contribution in [0, 0.1) is 5.41 Å². The van der Waals surface area contributed by atoms with Gasteiger partial charge in [-0.25, -0.2) is 0 Å². The van der Waals surface area contributed by atoms with Gasteiger partial charge in [0.2, 0.25) is 11.8 Å². The van der Waals surface area contributed by atoms with Crippen LogP contribution in [0.4, 0.5) is 0 Å². The first-order valence-electron chi connectivity index (χ1n) is 5.38. The van der Waals surface area contributed by atoms with E-state index in [1.165, 1.54) is 0 Å². The lowest BCUT2D eigenvalue weighted by Gasteiger charge is -2.29. The van der Waals surface area contributed by atoms with E-state index in [1.54, 1.807) is 20.8 Å². The maximum absolute atomic E-state index is 12.0. The van der Waals surface area contributed by atoms with Gasteiger partial charge in [0.25, 0.3) is 0 Å².